The fourth-order valence-electron chi connectivity index (χ4n) is 1.57. The second-order valence-electron chi connectivity index (χ2n) is 3.30. The van der Waals surface area contributed by atoms with Crippen LogP contribution in [0.3, 0.4) is 0 Å². The van der Waals surface area contributed by atoms with Crippen molar-refractivity contribution in [2.45, 2.75) is 19.4 Å². The van der Waals surface area contributed by atoms with Gasteiger partial charge in [-0.1, -0.05) is 37.3 Å². The van der Waals surface area contributed by atoms with Crippen molar-refractivity contribution in [3.63, 3.8) is 0 Å². The summed E-state index contributed by atoms with van der Waals surface area (Å²) in [5.41, 5.74) is 1.41. The van der Waals surface area contributed by atoms with E-state index in [0.717, 1.165) is 6.42 Å². The van der Waals surface area contributed by atoms with Crippen LogP contribution in [0, 0.1) is 0 Å². The van der Waals surface area contributed by atoms with E-state index in [1.807, 2.05) is 0 Å². The molecule has 0 N–H and O–H groups in total. The van der Waals surface area contributed by atoms with Crippen LogP contribution in [0.5, 0.6) is 0 Å². The molecule has 0 aliphatic carbocycles. The molecule has 14 heavy (non-hydrogen) atoms. The first-order valence-electron chi connectivity index (χ1n) is 4.47. The fourth-order valence-corrected chi connectivity index (χ4v) is 1.57. The Morgan fingerprint density at radius 1 is 1.07 bits per heavy atom. The van der Waals surface area contributed by atoms with Crippen LogP contribution in [0.25, 0.3) is 0 Å². The van der Waals surface area contributed by atoms with Crippen molar-refractivity contribution in [1.29, 1.82) is 0 Å². The third-order valence-corrected chi connectivity index (χ3v) is 2.19. The maximum absolute atomic E-state index is 2.26. The molecule has 0 bridgehead atoms. The summed E-state index contributed by atoms with van der Waals surface area (Å²) in [5.74, 6) is 0. The first-order valence-corrected chi connectivity index (χ1v) is 4.47. The van der Waals surface area contributed by atoms with E-state index in [1.165, 1.54) is 5.56 Å². The Bertz CT molecular complexity index is 224. The summed E-state index contributed by atoms with van der Waals surface area (Å²) in [5, 5.41) is 0. The minimum Gasteiger partial charge on any atom is -0.302 e. The summed E-state index contributed by atoms with van der Waals surface area (Å²) in [6, 6.07) is 11.2. The van der Waals surface area contributed by atoms with Gasteiger partial charge in [0.25, 0.3) is 0 Å². The van der Waals surface area contributed by atoms with Crippen molar-refractivity contribution in [2.24, 2.45) is 0 Å². The van der Waals surface area contributed by atoms with Crippen LogP contribution in [0.1, 0.15) is 24.9 Å². The summed E-state index contributed by atoms with van der Waals surface area (Å²) < 4.78 is 0. The molecule has 1 rings (SSSR count). The predicted octanol–water partition coefficient (Wildman–Crippen LogP) is 3.54. The van der Waals surface area contributed by atoms with Gasteiger partial charge in [0, 0.05) is 6.04 Å². The van der Waals surface area contributed by atoms with Crippen LogP contribution < -0.4 is 0 Å². The molecule has 0 heterocycles. The Morgan fingerprint density at radius 2 is 1.57 bits per heavy atom. The van der Waals surface area contributed by atoms with E-state index in [9.17, 15) is 0 Å². The minimum atomic E-state index is 0. The highest BCUT2D eigenvalue weighted by atomic mass is 35.5. The maximum Gasteiger partial charge on any atom is 0.0339 e. The number of benzene rings is 1. The summed E-state index contributed by atoms with van der Waals surface area (Å²) >= 11 is 0. The molecule has 0 saturated heterocycles. The molecule has 0 radical (unpaired) electrons. The van der Waals surface area contributed by atoms with Gasteiger partial charge in [-0.2, -0.15) is 0 Å². The molecule has 1 unspecified atom stereocenters. The van der Waals surface area contributed by atoms with Gasteiger partial charge in [0.05, 0.1) is 0 Å². The Hall–Kier alpha value is -0.240. The lowest BCUT2D eigenvalue weighted by Gasteiger charge is -2.22. The van der Waals surface area contributed by atoms with E-state index in [2.05, 4.69) is 56.3 Å². The molecule has 1 atom stereocenters. The van der Waals surface area contributed by atoms with Crippen molar-refractivity contribution in [1.82, 2.24) is 4.90 Å². The summed E-state index contributed by atoms with van der Waals surface area (Å²) in [6.45, 7) is 2.22. The Labute approximate surface area is 99.3 Å². The van der Waals surface area contributed by atoms with Crippen LogP contribution in [-0.2, 0) is 0 Å². The lowest BCUT2D eigenvalue weighted by atomic mass is 10.0. The van der Waals surface area contributed by atoms with Gasteiger partial charge in [0.2, 0.25) is 0 Å². The third kappa shape index (κ3) is 4.32. The average Bonchev–Trinajstić information content (AvgIpc) is 2.07. The quantitative estimate of drug-likeness (QED) is 0.775. The lowest BCUT2D eigenvalue weighted by Crippen LogP contribution is -2.18. The zero-order chi connectivity index (χ0) is 8.97. The van der Waals surface area contributed by atoms with E-state index in [4.69, 9.17) is 0 Å². The van der Waals surface area contributed by atoms with Gasteiger partial charge in [0.1, 0.15) is 0 Å². The molecule has 0 aliphatic rings. The van der Waals surface area contributed by atoms with Gasteiger partial charge in [-0.15, -0.1) is 24.8 Å². The van der Waals surface area contributed by atoms with Crippen LogP contribution >= 0.6 is 24.8 Å². The van der Waals surface area contributed by atoms with Crippen molar-refractivity contribution < 1.29 is 0 Å². The molecule has 0 aliphatic heterocycles. The van der Waals surface area contributed by atoms with Gasteiger partial charge >= 0.3 is 0 Å². The van der Waals surface area contributed by atoms with Gasteiger partial charge in [-0.3, -0.25) is 0 Å². The molecule has 0 spiro atoms. The maximum atomic E-state index is 2.26. The van der Waals surface area contributed by atoms with E-state index >= 15 is 0 Å². The van der Waals surface area contributed by atoms with E-state index in [1.54, 1.807) is 0 Å². The van der Waals surface area contributed by atoms with Gasteiger partial charge in [-0.25, -0.2) is 0 Å². The SMILES string of the molecule is CCC(c1ccccc1)N(C)C.Cl.Cl. The fraction of sp³-hybridized carbons (Fsp3) is 0.455. The predicted molar refractivity (Wildman–Crippen MR) is 67.7 cm³/mol. The minimum absolute atomic E-state index is 0. The highest BCUT2D eigenvalue weighted by Crippen LogP contribution is 2.20. The highest BCUT2D eigenvalue weighted by molar-refractivity contribution is 5.85. The van der Waals surface area contributed by atoms with Crippen molar-refractivity contribution >= 4 is 24.8 Å². The van der Waals surface area contributed by atoms with Gasteiger partial charge in [-0.05, 0) is 26.1 Å². The van der Waals surface area contributed by atoms with Crippen LogP contribution in [0.15, 0.2) is 30.3 Å². The normalized spacial score (nSPS) is 11.4. The van der Waals surface area contributed by atoms with Crippen LogP contribution in [0.2, 0.25) is 0 Å². The molecule has 3 heteroatoms. The molecule has 1 aromatic rings. The van der Waals surface area contributed by atoms with Crippen molar-refractivity contribution in [3.05, 3.63) is 35.9 Å². The standard InChI is InChI=1S/C11H17N.2ClH/c1-4-11(12(2)3)10-8-6-5-7-9-10;;/h5-9,11H,4H2,1-3H3;2*1H. The van der Waals surface area contributed by atoms with Gasteiger partial charge in [0.15, 0.2) is 0 Å². The number of halogens is 2. The zero-order valence-electron chi connectivity index (χ0n) is 8.93. The molecular formula is C11H19Cl2N. The average molecular weight is 236 g/mol. The number of hydrogen-bond acceptors (Lipinski definition) is 1. The molecule has 1 aromatic carbocycles. The van der Waals surface area contributed by atoms with Crippen LogP contribution in [-0.4, -0.2) is 19.0 Å². The second kappa shape index (κ2) is 8.10. The highest BCUT2D eigenvalue weighted by Gasteiger charge is 2.09. The monoisotopic (exact) mass is 235 g/mol. The Kier molecular flexibility index (Phi) is 9.37. The Morgan fingerprint density at radius 3 is 1.93 bits per heavy atom. The van der Waals surface area contributed by atoms with Crippen LogP contribution in [0.4, 0.5) is 0 Å². The lowest BCUT2D eigenvalue weighted by molar-refractivity contribution is 0.292. The zero-order valence-corrected chi connectivity index (χ0v) is 10.6. The second-order valence-corrected chi connectivity index (χ2v) is 3.30. The first-order chi connectivity index (χ1) is 5.75. The van der Waals surface area contributed by atoms with Gasteiger partial charge < -0.3 is 4.90 Å². The van der Waals surface area contributed by atoms with E-state index < -0.39 is 0 Å². The third-order valence-electron chi connectivity index (χ3n) is 2.19. The Balaban J connectivity index is 0. The van der Waals surface area contributed by atoms with E-state index in [0.29, 0.717) is 6.04 Å². The number of nitrogens with zero attached hydrogens (tertiary/aromatic N) is 1. The molecule has 1 nitrogen and oxygen atoms in total. The van der Waals surface area contributed by atoms with Crippen molar-refractivity contribution in [2.75, 3.05) is 14.1 Å². The van der Waals surface area contributed by atoms with E-state index in [-0.39, 0.29) is 24.8 Å². The summed E-state index contributed by atoms with van der Waals surface area (Å²) in [7, 11) is 4.25. The number of rotatable bonds is 3. The largest absolute Gasteiger partial charge is 0.302 e. The first kappa shape index (κ1) is 16.2. The summed E-state index contributed by atoms with van der Waals surface area (Å²) in [4.78, 5) is 2.26. The molecule has 0 saturated carbocycles. The summed E-state index contributed by atoms with van der Waals surface area (Å²) in [6.07, 6.45) is 1.16. The topological polar surface area (TPSA) is 3.24 Å². The molecule has 0 amide bonds. The molecular weight excluding hydrogens is 217 g/mol. The van der Waals surface area contributed by atoms with Crippen molar-refractivity contribution in [3.8, 4) is 0 Å². The smallest absolute Gasteiger partial charge is 0.0339 e. The molecule has 0 fully saturated rings. The molecule has 0 aromatic heterocycles. The number of hydrogen-bond donors (Lipinski definition) is 0. The molecule has 82 valence electrons.